The number of thioether (sulfide) groups is 2. The molecule has 1 aromatic rings. The molecule has 0 radical (unpaired) electrons. The maximum absolute atomic E-state index is 5.70. The molecule has 0 saturated heterocycles. The summed E-state index contributed by atoms with van der Waals surface area (Å²) >= 11 is 14.4. The third-order valence-corrected chi connectivity index (χ3v) is 3.45. The molecule has 7 heteroatoms. The van der Waals surface area contributed by atoms with E-state index in [0.29, 0.717) is 11.0 Å². The summed E-state index contributed by atoms with van der Waals surface area (Å²) in [4.78, 5) is 11.9. The van der Waals surface area contributed by atoms with Gasteiger partial charge in [0.2, 0.25) is 5.28 Å². The Labute approximate surface area is 101 Å². The minimum Gasteiger partial charge on any atom is -0.215 e. The Bertz CT molecular complexity index is 331. The van der Waals surface area contributed by atoms with Crippen molar-refractivity contribution in [3.63, 3.8) is 0 Å². The summed E-state index contributed by atoms with van der Waals surface area (Å²) in [6.45, 7) is 0. The van der Waals surface area contributed by atoms with Crippen LogP contribution in [-0.2, 0) is 0 Å². The molecule has 0 unspecified atom stereocenters. The first-order chi connectivity index (χ1) is 6.65. The van der Waals surface area contributed by atoms with Gasteiger partial charge < -0.3 is 0 Å². The molecule has 1 heterocycles. The molecule has 1 aromatic heterocycles. The van der Waals surface area contributed by atoms with Gasteiger partial charge in [0.1, 0.15) is 9.53 Å². The van der Waals surface area contributed by atoms with Gasteiger partial charge in [-0.1, -0.05) is 11.6 Å². The standard InChI is InChI=1S/C7H7Cl2N3S2/c1-13-7(14-2)12-5-3-4(8)10-6(9)11-5/h3H,1-2H3. The first-order valence-corrected chi connectivity index (χ1v) is 6.73. The lowest BCUT2D eigenvalue weighted by atomic mass is 10.6. The van der Waals surface area contributed by atoms with Crippen LogP contribution < -0.4 is 0 Å². The highest BCUT2D eigenvalue weighted by Gasteiger charge is 2.01. The van der Waals surface area contributed by atoms with Gasteiger partial charge in [-0.25, -0.2) is 9.98 Å². The Morgan fingerprint density at radius 3 is 2.43 bits per heavy atom. The summed E-state index contributed by atoms with van der Waals surface area (Å²) in [6, 6.07) is 1.57. The molecule has 0 fully saturated rings. The Balaban J connectivity index is 3.01. The summed E-state index contributed by atoms with van der Waals surface area (Å²) in [5.74, 6) is 0.480. The molecule has 0 bridgehead atoms. The van der Waals surface area contributed by atoms with Crippen molar-refractivity contribution < 1.29 is 0 Å². The van der Waals surface area contributed by atoms with E-state index in [2.05, 4.69) is 15.0 Å². The van der Waals surface area contributed by atoms with Crippen molar-refractivity contribution in [1.29, 1.82) is 0 Å². The van der Waals surface area contributed by atoms with Crippen molar-refractivity contribution in [2.75, 3.05) is 12.5 Å². The lowest BCUT2D eigenvalue weighted by Gasteiger charge is -1.98. The number of hydrogen-bond donors (Lipinski definition) is 0. The van der Waals surface area contributed by atoms with E-state index in [1.54, 1.807) is 29.6 Å². The van der Waals surface area contributed by atoms with Gasteiger partial charge in [0.05, 0.1) is 0 Å². The van der Waals surface area contributed by atoms with Crippen LogP contribution in [0.5, 0.6) is 0 Å². The number of nitrogens with zero attached hydrogens (tertiary/aromatic N) is 3. The van der Waals surface area contributed by atoms with Crippen LogP contribution >= 0.6 is 46.7 Å². The minimum atomic E-state index is 0.109. The fourth-order valence-corrected chi connectivity index (χ4v) is 2.14. The summed E-state index contributed by atoms with van der Waals surface area (Å²) in [6.07, 6.45) is 3.89. The summed E-state index contributed by atoms with van der Waals surface area (Å²) in [7, 11) is 0. The van der Waals surface area contributed by atoms with Crippen LogP contribution in [-0.4, -0.2) is 26.9 Å². The van der Waals surface area contributed by atoms with Crippen molar-refractivity contribution in [2.24, 2.45) is 4.99 Å². The summed E-state index contributed by atoms with van der Waals surface area (Å²) in [5, 5.41) is 0.406. The SMILES string of the molecule is CSC(=Nc1cc(Cl)nc(Cl)n1)SC. The largest absolute Gasteiger partial charge is 0.225 e. The lowest BCUT2D eigenvalue weighted by Crippen LogP contribution is -1.86. The molecule has 0 amide bonds. The zero-order chi connectivity index (χ0) is 10.6. The van der Waals surface area contributed by atoms with Crippen molar-refractivity contribution >= 4 is 56.9 Å². The van der Waals surface area contributed by atoms with Crippen LogP contribution in [0.4, 0.5) is 5.82 Å². The van der Waals surface area contributed by atoms with E-state index in [9.17, 15) is 0 Å². The smallest absolute Gasteiger partial charge is 0.215 e. The number of aliphatic imine (C=N–C) groups is 1. The molecule has 0 aromatic carbocycles. The van der Waals surface area contributed by atoms with E-state index >= 15 is 0 Å². The Morgan fingerprint density at radius 1 is 1.29 bits per heavy atom. The maximum Gasteiger partial charge on any atom is 0.225 e. The highest BCUT2D eigenvalue weighted by Crippen LogP contribution is 2.21. The lowest BCUT2D eigenvalue weighted by molar-refractivity contribution is 1.15. The fourth-order valence-electron chi connectivity index (χ4n) is 0.704. The minimum absolute atomic E-state index is 0.109. The molecule has 0 atom stereocenters. The van der Waals surface area contributed by atoms with Crippen molar-refractivity contribution in [3.8, 4) is 0 Å². The molecule has 0 aliphatic heterocycles. The van der Waals surface area contributed by atoms with Crippen LogP contribution in [0.1, 0.15) is 0 Å². The van der Waals surface area contributed by atoms with Gasteiger partial charge >= 0.3 is 0 Å². The van der Waals surface area contributed by atoms with Gasteiger partial charge in [-0.3, -0.25) is 0 Å². The molecule has 0 aliphatic carbocycles. The van der Waals surface area contributed by atoms with Crippen molar-refractivity contribution in [3.05, 3.63) is 16.5 Å². The zero-order valence-electron chi connectivity index (χ0n) is 7.49. The number of hydrogen-bond acceptors (Lipinski definition) is 5. The first kappa shape index (κ1) is 12.1. The molecular formula is C7H7Cl2N3S2. The van der Waals surface area contributed by atoms with Gasteiger partial charge in [0.15, 0.2) is 5.82 Å². The quantitative estimate of drug-likeness (QED) is 0.338. The molecule has 0 spiro atoms. The second kappa shape index (κ2) is 5.80. The number of halogens is 2. The molecular weight excluding hydrogens is 261 g/mol. The van der Waals surface area contributed by atoms with E-state index in [1.165, 1.54) is 0 Å². The Morgan fingerprint density at radius 2 is 1.93 bits per heavy atom. The first-order valence-electron chi connectivity index (χ1n) is 3.52. The normalized spacial score (nSPS) is 10.0. The zero-order valence-corrected chi connectivity index (χ0v) is 10.6. The fraction of sp³-hybridized carbons (Fsp3) is 0.286. The molecule has 14 heavy (non-hydrogen) atoms. The van der Waals surface area contributed by atoms with E-state index < -0.39 is 0 Å². The van der Waals surface area contributed by atoms with E-state index in [4.69, 9.17) is 23.2 Å². The second-order valence-corrected chi connectivity index (χ2v) is 4.68. The highest BCUT2D eigenvalue weighted by atomic mass is 35.5. The van der Waals surface area contributed by atoms with E-state index in [0.717, 1.165) is 4.38 Å². The molecule has 1 rings (SSSR count). The highest BCUT2D eigenvalue weighted by molar-refractivity contribution is 8.38. The predicted octanol–water partition coefficient (Wildman–Crippen LogP) is 3.50. The predicted molar refractivity (Wildman–Crippen MR) is 66.2 cm³/mol. The molecule has 3 nitrogen and oxygen atoms in total. The monoisotopic (exact) mass is 267 g/mol. The Kier molecular flexibility index (Phi) is 5.01. The van der Waals surface area contributed by atoms with Crippen LogP contribution in [0.15, 0.2) is 11.1 Å². The van der Waals surface area contributed by atoms with Gasteiger partial charge in [0, 0.05) is 6.07 Å². The average molecular weight is 268 g/mol. The van der Waals surface area contributed by atoms with E-state index in [1.807, 2.05) is 12.5 Å². The summed E-state index contributed by atoms with van der Waals surface area (Å²) < 4.78 is 0.899. The molecule has 76 valence electrons. The van der Waals surface area contributed by atoms with Gasteiger partial charge in [0.25, 0.3) is 0 Å². The molecule has 0 saturated carbocycles. The van der Waals surface area contributed by atoms with Crippen LogP contribution in [0.2, 0.25) is 10.4 Å². The average Bonchev–Trinajstić information content (AvgIpc) is 2.12. The Hall–Kier alpha value is 0.0300. The van der Waals surface area contributed by atoms with Gasteiger partial charge in [-0.05, 0) is 24.1 Å². The van der Waals surface area contributed by atoms with Gasteiger partial charge in [-0.2, -0.15) is 4.98 Å². The van der Waals surface area contributed by atoms with Crippen LogP contribution in [0, 0.1) is 0 Å². The second-order valence-electron chi connectivity index (χ2n) is 2.10. The third-order valence-electron chi connectivity index (χ3n) is 1.21. The topological polar surface area (TPSA) is 38.1 Å². The maximum atomic E-state index is 5.70. The third kappa shape index (κ3) is 3.65. The van der Waals surface area contributed by atoms with E-state index in [-0.39, 0.29) is 5.28 Å². The molecule has 0 N–H and O–H groups in total. The van der Waals surface area contributed by atoms with Crippen molar-refractivity contribution in [2.45, 2.75) is 0 Å². The van der Waals surface area contributed by atoms with Crippen molar-refractivity contribution in [1.82, 2.24) is 9.97 Å². The van der Waals surface area contributed by atoms with Crippen LogP contribution in [0.3, 0.4) is 0 Å². The van der Waals surface area contributed by atoms with Gasteiger partial charge in [-0.15, -0.1) is 23.5 Å². The molecule has 0 aliphatic rings. The number of rotatable bonds is 1. The number of aromatic nitrogens is 2. The summed E-state index contributed by atoms with van der Waals surface area (Å²) in [5.41, 5.74) is 0. The van der Waals surface area contributed by atoms with Crippen LogP contribution in [0.25, 0.3) is 0 Å².